The van der Waals surface area contributed by atoms with Gasteiger partial charge in [0.2, 0.25) is 5.91 Å². The first-order chi connectivity index (χ1) is 12.7. The van der Waals surface area contributed by atoms with Crippen molar-refractivity contribution in [2.75, 3.05) is 0 Å². The standard InChI is InChI=1S/C22H18ClNOS/c23-18-13-11-17(12-14-18)20-21(26-19-9-5-2-6-10-19)22(25)24(20)15-16-7-3-1-4-8-16/h1-14,20-21H,15H2/t20-,21-/m1/s1. The number of hydrogen-bond acceptors (Lipinski definition) is 2. The van der Waals surface area contributed by atoms with Crippen LogP contribution in [-0.2, 0) is 11.3 Å². The summed E-state index contributed by atoms with van der Waals surface area (Å²) in [5.74, 6) is 0.183. The Morgan fingerprint density at radius 2 is 1.46 bits per heavy atom. The Balaban J connectivity index is 1.61. The Bertz CT molecular complexity index is 832. The zero-order chi connectivity index (χ0) is 17.9. The number of benzene rings is 3. The Morgan fingerprint density at radius 1 is 0.846 bits per heavy atom. The van der Waals surface area contributed by atoms with Gasteiger partial charge in [-0.2, -0.15) is 0 Å². The molecule has 1 fully saturated rings. The number of thioether (sulfide) groups is 1. The first kappa shape index (κ1) is 17.2. The zero-order valence-corrected chi connectivity index (χ0v) is 15.7. The summed E-state index contributed by atoms with van der Waals surface area (Å²) in [7, 11) is 0. The number of carbonyl (C=O) groups excluding carboxylic acids is 1. The molecule has 26 heavy (non-hydrogen) atoms. The molecule has 130 valence electrons. The van der Waals surface area contributed by atoms with E-state index < -0.39 is 0 Å². The Kier molecular flexibility index (Phi) is 5.00. The highest BCUT2D eigenvalue weighted by Gasteiger charge is 2.48. The van der Waals surface area contributed by atoms with E-state index in [4.69, 9.17) is 11.6 Å². The maximum atomic E-state index is 12.9. The van der Waals surface area contributed by atoms with Crippen molar-refractivity contribution < 1.29 is 4.79 Å². The molecule has 0 spiro atoms. The molecule has 0 saturated carbocycles. The molecule has 1 saturated heterocycles. The number of rotatable bonds is 5. The lowest BCUT2D eigenvalue weighted by atomic mass is 9.92. The molecular formula is C22H18ClNOS. The zero-order valence-electron chi connectivity index (χ0n) is 14.1. The van der Waals surface area contributed by atoms with Crippen LogP contribution in [0.1, 0.15) is 17.2 Å². The van der Waals surface area contributed by atoms with E-state index in [0.717, 1.165) is 16.0 Å². The molecule has 0 N–H and O–H groups in total. The summed E-state index contributed by atoms with van der Waals surface area (Å²) in [6, 6.07) is 28.1. The minimum Gasteiger partial charge on any atom is -0.329 e. The van der Waals surface area contributed by atoms with Crippen LogP contribution in [0.3, 0.4) is 0 Å². The monoisotopic (exact) mass is 379 g/mol. The van der Waals surface area contributed by atoms with Crippen LogP contribution >= 0.6 is 23.4 Å². The van der Waals surface area contributed by atoms with Gasteiger partial charge in [0, 0.05) is 16.5 Å². The number of halogens is 1. The molecule has 4 rings (SSSR count). The first-order valence-electron chi connectivity index (χ1n) is 8.54. The summed E-state index contributed by atoms with van der Waals surface area (Å²) in [4.78, 5) is 16.0. The van der Waals surface area contributed by atoms with Crippen LogP contribution < -0.4 is 0 Å². The van der Waals surface area contributed by atoms with Gasteiger partial charge in [0.05, 0.1) is 6.04 Å². The maximum absolute atomic E-state index is 12.9. The molecule has 1 amide bonds. The lowest BCUT2D eigenvalue weighted by molar-refractivity contribution is -0.146. The van der Waals surface area contributed by atoms with Crippen molar-refractivity contribution in [1.82, 2.24) is 4.90 Å². The van der Waals surface area contributed by atoms with Crippen molar-refractivity contribution in [3.8, 4) is 0 Å². The molecule has 1 aliphatic rings. The number of nitrogens with zero attached hydrogens (tertiary/aromatic N) is 1. The molecule has 1 heterocycles. The predicted octanol–water partition coefficient (Wildman–Crippen LogP) is 5.58. The smallest absolute Gasteiger partial charge is 0.239 e. The molecule has 2 atom stereocenters. The van der Waals surface area contributed by atoms with Gasteiger partial charge in [-0.15, -0.1) is 11.8 Å². The second-order valence-electron chi connectivity index (χ2n) is 6.30. The second-order valence-corrected chi connectivity index (χ2v) is 7.95. The lowest BCUT2D eigenvalue weighted by Crippen LogP contribution is -2.56. The van der Waals surface area contributed by atoms with Crippen LogP contribution in [-0.4, -0.2) is 16.1 Å². The molecule has 3 aromatic carbocycles. The second kappa shape index (κ2) is 7.56. The van der Waals surface area contributed by atoms with E-state index in [1.807, 2.05) is 65.6 Å². The fourth-order valence-electron chi connectivity index (χ4n) is 3.25. The molecule has 0 unspecified atom stereocenters. The maximum Gasteiger partial charge on any atom is 0.239 e. The highest BCUT2D eigenvalue weighted by Crippen LogP contribution is 2.45. The topological polar surface area (TPSA) is 20.3 Å². The van der Waals surface area contributed by atoms with E-state index in [0.29, 0.717) is 11.6 Å². The molecule has 3 aromatic rings. The van der Waals surface area contributed by atoms with E-state index in [1.54, 1.807) is 11.8 Å². The number of likely N-dealkylation sites (tertiary alicyclic amines) is 1. The third-order valence-electron chi connectivity index (χ3n) is 4.56. The van der Waals surface area contributed by atoms with Crippen LogP contribution in [0.2, 0.25) is 5.02 Å². The Hall–Kier alpha value is -2.23. The van der Waals surface area contributed by atoms with Gasteiger partial charge in [0.25, 0.3) is 0 Å². The number of carbonyl (C=O) groups is 1. The van der Waals surface area contributed by atoms with E-state index in [9.17, 15) is 4.79 Å². The average Bonchev–Trinajstić information content (AvgIpc) is 2.69. The lowest BCUT2D eigenvalue weighted by Gasteiger charge is -2.47. The first-order valence-corrected chi connectivity index (χ1v) is 9.80. The normalized spacial score (nSPS) is 19.3. The van der Waals surface area contributed by atoms with Crippen LogP contribution in [0.15, 0.2) is 89.8 Å². The minimum absolute atomic E-state index is 0.0465. The van der Waals surface area contributed by atoms with Crippen LogP contribution in [0.25, 0.3) is 0 Å². The Morgan fingerprint density at radius 3 is 2.12 bits per heavy atom. The molecule has 4 heteroatoms. The van der Waals surface area contributed by atoms with Crippen LogP contribution in [0, 0.1) is 0 Å². The molecule has 0 bridgehead atoms. The highest BCUT2D eigenvalue weighted by atomic mass is 35.5. The van der Waals surface area contributed by atoms with Crippen molar-refractivity contribution in [3.05, 3.63) is 101 Å². The van der Waals surface area contributed by atoms with Gasteiger partial charge < -0.3 is 4.90 Å². The van der Waals surface area contributed by atoms with E-state index >= 15 is 0 Å². The number of amides is 1. The van der Waals surface area contributed by atoms with Crippen LogP contribution in [0.4, 0.5) is 0 Å². The van der Waals surface area contributed by atoms with Crippen molar-refractivity contribution >= 4 is 29.3 Å². The largest absolute Gasteiger partial charge is 0.329 e. The minimum atomic E-state index is -0.109. The van der Waals surface area contributed by atoms with Crippen molar-refractivity contribution in [1.29, 1.82) is 0 Å². The van der Waals surface area contributed by atoms with Gasteiger partial charge in [-0.3, -0.25) is 4.79 Å². The molecule has 0 aromatic heterocycles. The van der Waals surface area contributed by atoms with E-state index in [2.05, 4.69) is 24.3 Å². The summed E-state index contributed by atoms with van der Waals surface area (Å²) in [5, 5.41) is 0.601. The van der Waals surface area contributed by atoms with E-state index in [1.165, 1.54) is 0 Å². The van der Waals surface area contributed by atoms with Gasteiger partial charge in [0.15, 0.2) is 0 Å². The SMILES string of the molecule is O=C1[C@H](Sc2ccccc2)[C@@H](c2ccc(Cl)cc2)N1Cc1ccccc1. The van der Waals surface area contributed by atoms with Gasteiger partial charge in [-0.25, -0.2) is 0 Å². The number of β-lactam (4-membered cyclic amide) rings is 1. The molecule has 0 aliphatic carbocycles. The van der Waals surface area contributed by atoms with Gasteiger partial charge in [-0.05, 0) is 35.4 Å². The summed E-state index contributed by atoms with van der Waals surface area (Å²) >= 11 is 7.69. The predicted molar refractivity (Wildman–Crippen MR) is 107 cm³/mol. The van der Waals surface area contributed by atoms with Crippen molar-refractivity contribution in [2.24, 2.45) is 0 Å². The summed E-state index contributed by atoms with van der Waals surface area (Å²) in [5.41, 5.74) is 2.27. The fourth-order valence-corrected chi connectivity index (χ4v) is 4.65. The highest BCUT2D eigenvalue weighted by molar-refractivity contribution is 8.00. The summed E-state index contributed by atoms with van der Waals surface area (Å²) < 4.78 is 0. The molecule has 2 nitrogen and oxygen atoms in total. The van der Waals surface area contributed by atoms with Gasteiger partial charge in [-0.1, -0.05) is 72.3 Å². The third kappa shape index (κ3) is 3.50. The summed E-state index contributed by atoms with van der Waals surface area (Å²) in [6.45, 7) is 0.624. The Labute approximate surface area is 162 Å². The summed E-state index contributed by atoms with van der Waals surface area (Å²) in [6.07, 6.45) is 0. The average molecular weight is 380 g/mol. The van der Waals surface area contributed by atoms with Crippen LogP contribution in [0.5, 0.6) is 0 Å². The third-order valence-corrected chi connectivity index (χ3v) is 6.07. The fraction of sp³-hybridized carbons (Fsp3) is 0.136. The molecule has 1 aliphatic heterocycles. The molecule has 0 radical (unpaired) electrons. The van der Waals surface area contributed by atoms with Crippen molar-refractivity contribution in [3.63, 3.8) is 0 Å². The van der Waals surface area contributed by atoms with Crippen molar-refractivity contribution in [2.45, 2.75) is 22.7 Å². The quantitative estimate of drug-likeness (QED) is 0.539. The molecular weight excluding hydrogens is 362 g/mol. The van der Waals surface area contributed by atoms with Gasteiger partial charge in [0.1, 0.15) is 5.25 Å². The number of hydrogen-bond donors (Lipinski definition) is 0. The van der Waals surface area contributed by atoms with Gasteiger partial charge >= 0.3 is 0 Å². The van der Waals surface area contributed by atoms with E-state index in [-0.39, 0.29) is 17.2 Å².